The molecule has 1 N–H and O–H groups in total. The van der Waals surface area contributed by atoms with Gasteiger partial charge in [-0.25, -0.2) is 4.98 Å². The predicted octanol–water partition coefficient (Wildman–Crippen LogP) is 1.24. The van der Waals surface area contributed by atoms with Crippen LogP contribution in [0.15, 0.2) is 6.07 Å². The second kappa shape index (κ2) is 4.58. The van der Waals surface area contributed by atoms with Crippen LogP contribution in [0.3, 0.4) is 0 Å². The van der Waals surface area contributed by atoms with Gasteiger partial charge in [0.25, 0.3) is 0 Å². The minimum absolute atomic E-state index is 0.401. The summed E-state index contributed by atoms with van der Waals surface area (Å²) >= 11 is 0. The molecule has 0 bridgehead atoms. The lowest BCUT2D eigenvalue weighted by Crippen LogP contribution is -2.50. The quantitative estimate of drug-likeness (QED) is 0.805. The van der Waals surface area contributed by atoms with Gasteiger partial charge in [0.05, 0.1) is 5.56 Å². The van der Waals surface area contributed by atoms with Crippen LogP contribution < -0.4 is 10.2 Å². The lowest BCUT2D eigenvalue weighted by Gasteiger charge is -2.35. The third-order valence-corrected chi connectivity index (χ3v) is 3.92. The summed E-state index contributed by atoms with van der Waals surface area (Å²) in [6.45, 7) is 5.04. The Bertz CT molecular complexity index is 503. The molecule has 1 aliphatic heterocycles. The van der Waals surface area contributed by atoms with Gasteiger partial charge in [0, 0.05) is 31.4 Å². The number of hydrogen-bond acceptors (Lipinski definition) is 4. The minimum Gasteiger partial charge on any atom is -0.350 e. The molecular weight excluding hydrogens is 224 g/mol. The molecule has 0 spiro atoms. The van der Waals surface area contributed by atoms with Crippen molar-refractivity contribution in [1.82, 2.24) is 10.3 Å². The Morgan fingerprint density at radius 2 is 2.39 bits per heavy atom. The van der Waals surface area contributed by atoms with Gasteiger partial charge in [-0.1, -0.05) is 0 Å². The molecule has 4 heteroatoms. The van der Waals surface area contributed by atoms with Gasteiger partial charge in [-0.05, 0) is 37.8 Å². The molecule has 0 radical (unpaired) electrons. The van der Waals surface area contributed by atoms with Crippen LogP contribution in [-0.2, 0) is 12.8 Å². The van der Waals surface area contributed by atoms with E-state index in [4.69, 9.17) is 4.98 Å². The Morgan fingerprint density at radius 3 is 3.17 bits per heavy atom. The average Bonchev–Trinajstić information content (AvgIpc) is 2.85. The number of fused-ring (bicyclic) bond motifs is 1. The maximum Gasteiger partial charge on any atom is 0.147 e. The summed E-state index contributed by atoms with van der Waals surface area (Å²) in [5.41, 5.74) is 3.22. The third kappa shape index (κ3) is 1.85. The Hall–Kier alpha value is -1.60. The molecule has 1 aromatic heterocycles. The number of anilines is 1. The van der Waals surface area contributed by atoms with E-state index in [1.54, 1.807) is 0 Å². The molecule has 0 aromatic carbocycles. The Balaban J connectivity index is 2.02. The molecule has 94 valence electrons. The van der Waals surface area contributed by atoms with E-state index < -0.39 is 0 Å². The maximum atomic E-state index is 9.33. The topological polar surface area (TPSA) is 52.0 Å². The highest BCUT2D eigenvalue weighted by Crippen LogP contribution is 2.28. The highest BCUT2D eigenvalue weighted by Gasteiger charge is 2.24. The van der Waals surface area contributed by atoms with Crippen LogP contribution in [0.4, 0.5) is 5.82 Å². The third-order valence-electron chi connectivity index (χ3n) is 3.92. The van der Waals surface area contributed by atoms with Gasteiger partial charge in [0.15, 0.2) is 0 Å². The van der Waals surface area contributed by atoms with Gasteiger partial charge in [-0.2, -0.15) is 5.26 Å². The summed E-state index contributed by atoms with van der Waals surface area (Å²) in [6.07, 6.45) is 3.32. The van der Waals surface area contributed by atoms with Gasteiger partial charge in [-0.3, -0.25) is 0 Å². The fourth-order valence-electron chi connectivity index (χ4n) is 2.92. The molecule has 1 unspecified atom stereocenters. The number of nitrogens with zero attached hydrogens (tertiary/aromatic N) is 3. The van der Waals surface area contributed by atoms with Crippen molar-refractivity contribution >= 4 is 5.82 Å². The monoisotopic (exact) mass is 242 g/mol. The van der Waals surface area contributed by atoms with E-state index in [9.17, 15) is 5.26 Å². The molecule has 1 aliphatic carbocycles. The number of pyridine rings is 1. The van der Waals surface area contributed by atoms with Crippen LogP contribution in [0.5, 0.6) is 0 Å². The number of aryl methyl sites for hydroxylation is 2. The van der Waals surface area contributed by atoms with Crippen LogP contribution >= 0.6 is 0 Å². The van der Waals surface area contributed by atoms with Crippen molar-refractivity contribution in [2.45, 2.75) is 32.2 Å². The Labute approximate surface area is 108 Å². The first-order valence-electron chi connectivity index (χ1n) is 6.70. The normalized spacial score (nSPS) is 22.7. The van der Waals surface area contributed by atoms with E-state index in [1.807, 2.05) is 0 Å². The fourth-order valence-corrected chi connectivity index (χ4v) is 2.92. The van der Waals surface area contributed by atoms with Gasteiger partial charge >= 0.3 is 0 Å². The molecule has 4 nitrogen and oxygen atoms in total. The first kappa shape index (κ1) is 11.5. The number of rotatable bonds is 1. The van der Waals surface area contributed by atoms with E-state index in [1.165, 1.54) is 17.7 Å². The number of piperazine rings is 1. The largest absolute Gasteiger partial charge is 0.350 e. The predicted molar refractivity (Wildman–Crippen MR) is 70.7 cm³/mol. The maximum absolute atomic E-state index is 9.33. The van der Waals surface area contributed by atoms with Crippen LogP contribution in [-0.4, -0.2) is 30.7 Å². The molecule has 0 amide bonds. The minimum atomic E-state index is 0.401. The zero-order chi connectivity index (χ0) is 12.5. The fraction of sp³-hybridized carbons (Fsp3) is 0.571. The highest BCUT2D eigenvalue weighted by atomic mass is 15.3. The highest BCUT2D eigenvalue weighted by molar-refractivity contribution is 5.57. The first-order chi connectivity index (χ1) is 8.79. The summed E-state index contributed by atoms with van der Waals surface area (Å²) in [5, 5.41) is 12.7. The molecule has 1 fully saturated rings. The second-order valence-corrected chi connectivity index (χ2v) is 5.18. The first-order valence-corrected chi connectivity index (χ1v) is 6.70. The lowest BCUT2D eigenvalue weighted by atomic mass is 10.1. The van der Waals surface area contributed by atoms with Gasteiger partial charge in [0.2, 0.25) is 0 Å². The summed E-state index contributed by atoms with van der Waals surface area (Å²) in [6, 6.07) is 4.77. The van der Waals surface area contributed by atoms with Crippen LogP contribution in [0, 0.1) is 11.3 Å². The van der Waals surface area contributed by atoms with Crippen LogP contribution in [0.2, 0.25) is 0 Å². The molecule has 1 aromatic rings. The van der Waals surface area contributed by atoms with Crippen molar-refractivity contribution < 1.29 is 0 Å². The number of aromatic nitrogens is 1. The van der Waals surface area contributed by atoms with Crippen molar-refractivity contribution in [2.75, 3.05) is 24.5 Å². The van der Waals surface area contributed by atoms with Crippen LogP contribution in [0.1, 0.15) is 30.2 Å². The van der Waals surface area contributed by atoms with Crippen molar-refractivity contribution in [3.63, 3.8) is 0 Å². The summed E-state index contributed by atoms with van der Waals surface area (Å²) in [5.74, 6) is 0.896. The van der Waals surface area contributed by atoms with Crippen molar-refractivity contribution in [3.8, 4) is 6.07 Å². The summed E-state index contributed by atoms with van der Waals surface area (Å²) in [7, 11) is 0. The molecule has 3 rings (SSSR count). The molecule has 18 heavy (non-hydrogen) atoms. The second-order valence-electron chi connectivity index (χ2n) is 5.18. The summed E-state index contributed by atoms with van der Waals surface area (Å²) in [4.78, 5) is 7.05. The van der Waals surface area contributed by atoms with Gasteiger partial charge in [0.1, 0.15) is 11.9 Å². The standard InChI is InChI=1S/C14H18N4/c1-10-9-16-5-6-18(10)14-12(8-15)7-11-3-2-4-13(11)17-14/h7,10,16H,2-6,9H2,1H3. The van der Waals surface area contributed by atoms with Crippen molar-refractivity contribution in [2.24, 2.45) is 0 Å². The molecular formula is C14H18N4. The summed E-state index contributed by atoms with van der Waals surface area (Å²) < 4.78 is 0. The molecule has 2 aliphatic rings. The zero-order valence-electron chi connectivity index (χ0n) is 10.7. The SMILES string of the molecule is CC1CNCCN1c1nc2c(cc1C#N)CCC2. The average molecular weight is 242 g/mol. The van der Waals surface area contributed by atoms with E-state index in [0.29, 0.717) is 6.04 Å². The van der Waals surface area contributed by atoms with E-state index >= 15 is 0 Å². The molecule has 1 saturated heterocycles. The van der Waals surface area contributed by atoms with Crippen LogP contribution in [0.25, 0.3) is 0 Å². The lowest BCUT2D eigenvalue weighted by molar-refractivity contribution is 0.496. The van der Waals surface area contributed by atoms with Gasteiger partial charge in [-0.15, -0.1) is 0 Å². The zero-order valence-corrected chi connectivity index (χ0v) is 10.7. The number of nitriles is 1. The Kier molecular flexibility index (Phi) is 2.92. The van der Waals surface area contributed by atoms with E-state index in [0.717, 1.165) is 43.9 Å². The molecule has 0 saturated carbocycles. The Morgan fingerprint density at radius 1 is 1.50 bits per heavy atom. The van der Waals surface area contributed by atoms with Crippen molar-refractivity contribution in [1.29, 1.82) is 5.26 Å². The molecule has 1 atom stereocenters. The van der Waals surface area contributed by atoms with Crippen molar-refractivity contribution in [3.05, 3.63) is 22.9 Å². The van der Waals surface area contributed by atoms with Gasteiger partial charge < -0.3 is 10.2 Å². The molecule has 2 heterocycles. The van der Waals surface area contributed by atoms with E-state index in [2.05, 4.69) is 29.3 Å². The smallest absolute Gasteiger partial charge is 0.147 e. The van der Waals surface area contributed by atoms with E-state index in [-0.39, 0.29) is 0 Å². The number of nitrogens with one attached hydrogen (secondary N) is 1. The number of hydrogen-bond donors (Lipinski definition) is 1.